The largest absolute Gasteiger partial charge is 0.353 e. The van der Waals surface area contributed by atoms with E-state index in [2.05, 4.69) is 33.4 Å². The maximum Gasteiger partial charge on any atom is 0.223 e. The van der Waals surface area contributed by atoms with Gasteiger partial charge in [-0.1, -0.05) is 35.0 Å². The fourth-order valence-electron chi connectivity index (χ4n) is 3.15. The van der Waals surface area contributed by atoms with Crippen LogP contribution in [-0.2, 0) is 16.0 Å². The second-order valence-corrected chi connectivity index (χ2v) is 7.56. The van der Waals surface area contributed by atoms with Crippen LogP contribution in [0.25, 0.3) is 0 Å². The molecule has 1 aliphatic heterocycles. The van der Waals surface area contributed by atoms with Gasteiger partial charge in [-0.05, 0) is 50.3 Å². The van der Waals surface area contributed by atoms with Crippen molar-refractivity contribution in [2.24, 2.45) is 5.92 Å². The van der Waals surface area contributed by atoms with E-state index in [0.29, 0.717) is 19.5 Å². The number of carbonyl (C=O) groups is 2. The van der Waals surface area contributed by atoms with Crippen LogP contribution in [0.1, 0.15) is 45.1 Å². The standard InChI is InChI=1S/C19H27BrN2O2/c1-3-4-18(23)22-11-9-16(10-12-22)19(24)21-14(2)13-15-5-7-17(20)8-6-15/h5-8,14,16H,3-4,9-13H2,1-2H3,(H,21,24). The first-order chi connectivity index (χ1) is 11.5. The van der Waals surface area contributed by atoms with Gasteiger partial charge < -0.3 is 10.2 Å². The lowest BCUT2D eigenvalue weighted by molar-refractivity contribution is -0.135. The van der Waals surface area contributed by atoms with Crippen LogP contribution in [0.3, 0.4) is 0 Å². The first-order valence-corrected chi connectivity index (χ1v) is 9.61. The first-order valence-electron chi connectivity index (χ1n) is 8.82. The van der Waals surface area contributed by atoms with Crippen molar-refractivity contribution in [2.75, 3.05) is 13.1 Å². The van der Waals surface area contributed by atoms with Crippen LogP contribution in [0.5, 0.6) is 0 Å². The third-order valence-corrected chi connectivity index (χ3v) is 5.05. The summed E-state index contributed by atoms with van der Waals surface area (Å²) in [7, 11) is 0. The second-order valence-electron chi connectivity index (χ2n) is 6.65. The van der Waals surface area contributed by atoms with Crippen molar-refractivity contribution in [1.82, 2.24) is 10.2 Å². The molecule has 1 heterocycles. The normalized spacial score (nSPS) is 16.7. The smallest absolute Gasteiger partial charge is 0.223 e. The summed E-state index contributed by atoms with van der Waals surface area (Å²) in [5, 5.41) is 3.13. The highest BCUT2D eigenvalue weighted by atomic mass is 79.9. The lowest BCUT2D eigenvalue weighted by Gasteiger charge is -2.32. The summed E-state index contributed by atoms with van der Waals surface area (Å²) < 4.78 is 1.06. The van der Waals surface area contributed by atoms with E-state index < -0.39 is 0 Å². The van der Waals surface area contributed by atoms with Gasteiger partial charge >= 0.3 is 0 Å². The zero-order valence-electron chi connectivity index (χ0n) is 14.6. The molecule has 0 aliphatic carbocycles. The first kappa shape index (κ1) is 19.0. The Bertz CT molecular complexity index is 551. The minimum Gasteiger partial charge on any atom is -0.353 e. The van der Waals surface area contributed by atoms with Crippen molar-refractivity contribution in [3.05, 3.63) is 34.3 Å². The molecule has 132 valence electrons. The predicted octanol–water partition coefficient (Wildman–Crippen LogP) is 3.54. The molecule has 0 aromatic heterocycles. The number of piperidine rings is 1. The van der Waals surface area contributed by atoms with Crippen molar-refractivity contribution in [2.45, 2.75) is 52.0 Å². The van der Waals surface area contributed by atoms with Crippen LogP contribution in [-0.4, -0.2) is 35.8 Å². The van der Waals surface area contributed by atoms with E-state index in [4.69, 9.17) is 0 Å². The lowest BCUT2D eigenvalue weighted by Crippen LogP contribution is -2.45. The number of amides is 2. The minimum absolute atomic E-state index is 0.0306. The molecule has 1 N–H and O–H groups in total. The summed E-state index contributed by atoms with van der Waals surface area (Å²) >= 11 is 3.43. The van der Waals surface area contributed by atoms with Gasteiger partial charge in [-0.2, -0.15) is 0 Å². The average molecular weight is 395 g/mol. The van der Waals surface area contributed by atoms with Gasteiger partial charge in [0.2, 0.25) is 11.8 Å². The Hall–Kier alpha value is -1.36. The molecule has 5 heteroatoms. The fraction of sp³-hybridized carbons (Fsp3) is 0.579. The van der Waals surface area contributed by atoms with Crippen LogP contribution < -0.4 is 5.32 Å². The number of nitrogens with zero attached hydrogens (tertiary/aromatic N) is 1. The average Bonchev–Trinajstić information content (AvgIpc) is 2.57. The highest BCUT2D eigenvalue weighted by Gasteiger charge is 2.27. The van der Waals surface area contributed by atoms with Gasteiger partial charge in [0.05, 0.1) is 0 Å². The molecule has 2 rings (SSSR count). The molecule has 0 saturated carbocycles. The Morgan fingerprint density at radius 3 is 2.46 bits per heavy atom. The van der Waals surface area contributed by atoms with E-state index in [1.165, 1.54) is 5.56 Å². The molecule has 2 amide bonds. The maximum absolute atomic E-state index is 12.4. The monoisotopic (exact) mass is 394 g/mol. The zero-order valence-corrected chi connectivity index (χ0v) is 16.1. The van der Waals surface area contributed by atoms with Gasteiger partial charge in [0.1, 0.15) is 0 Å². The number of rotatable bonds is 6. The molecular weight excluding hydrogens is 368 g/mol. The van der Waals surface area contributed by atoms with Gasteiger partial charge in [0.25, 0.3) is 0 Å². The molecule has 1 aromatic rings. The second kappa shape index (κ2) is 9.21. The molecule has 0 bridgehead atoms. The molecule has 1 atom stereocenters. The molecule has 24 heavy (non-hydrogen) atoms. The predicted molar refractivity (Wildman–Crippen MR) is 99.7 cm³/mol. The fourth-order valence-corrected chi connectivity index (χ4v) is 3.41. The minimum atomic E-state index is 0.0306. The quantitative estimate of drug-likeness (QED) is 0.801. The Labute approximate surface area is 153 Å². The van der Waals surface area contributed by atoms with Gasteiger partial charge in [-0.25, -0.2) is 0 Å². The lowest BCUT2D eigenvalue weighted by atomic mass is 9.95. The molecule has 4 nitrogen and oxygen atoms in total. The van der Waals surface area contributed by atoms with Crippen molar-refractivity contribution < 1.29 is 9.59 Å². The number of hydrogen-bond acceptors (Lipinski definition) is 2. The molecule has 1 aliphatic rings. The van der Waals surface area contributed by atoms with Crippen LogP contribution >= 0.6 is 15.9 Å². The highest BCUT2D eigenvalue weighted by Crippen LogP contribution is 2.19. The van der Waals surface area contributed by atoms with E-state index in [1.54, 1.807) is 0 Å². The van der Waals surface area contributed by atoms with E-state index in [9.17, 15) is 9.59 Å². The van der Waals surface area contributed by atoms with Crippen molar-refractivity contribution in [3.63, 3.8) is 0 Å². The third-order valence-electron chi connectivity index (χ3n) is 4.53. The number of halogens is 1. The van der Waals surface area contributed by atoms with Gasteiger partial charge in [0.15, 0.2) is 0 Å². The van der Waals surface area contributed by atoms with Gasteiger partial charge in [0, 0.05) is 35.9 Å². The van der Waals surface area contributed by atoms with Crippen molar-refractivity contribution in [3.8, 4) is 0 Å². The van der Waals surface area contributed by atoms with Crippen LogP contribution in [0.4, 0.5) is 0 Å². The van der Waals surface area contributed by atoms with Crippen LogP contribution in [0.2, 0.25) is 0 Å². The maximum atomic E-state index is 12.4. The molecule has 1 aromatic carbocycles. The molecule has 1 saturated heterocycles. The Balaban J connectivity index is 1.76. The zero-order chi connectivity index (χ0) is 17.5. The third kappa shape index (κ3) is 5.62. The molecule has 1 unspecified atom stereocenters. The Kier molecular flexibility index (Phi) is 7.28. The van der Waals surface area contributed by atoms with Gasteiger partial charge in [-0.3, -0.25) is 9.59 Å². The molecule has 1 fully saturated rings. The van der Waals surface area contributed by atoms with Gasteiger partial charge in [-0.15, -0.1) is 0 Å². The highest BCUT2D eigenvalue weighted by molar-refractivity contribution is 9.10. The van der Waals surface area contributed by atoms with Crippen molar-refractivity contribution >= 4 is 27.7 Å². The Morgan fingerprint density at radius 2 is 1.88 bits per heavy atom. The van der Waals surface area contributed by atoms with E-state index in [-0.39, 0.29) is 23.8 Å². The number of likely N-dealkylation sites (tertiary alicyclic amines) is 1. The number of carbonyl (C=O) groups excluding carboxylic acids is 2. The summed E-state index contributed by atoms with van der Waals surface area (Å²) in [5.74, 6) is 0.380. The molecule has 0 spiro atoms. The van der Waals surface area contributed by atoms with Crippen LogP contribution in [0.15, 0.2) is 28.7 Å². The number of benzene rings is 1. The summed E-state index contributed by atoms with van der Waals surface area (Å²) in [6.45, 7) is 5.47. The summed E-state index contributed by atoms with van der Waals surface area (Å²) in [5.41, 5.74) is 1.21. The van der Waals surface area contributed by atoms with Crippen molar-refractivity contribution in [1.29, 1.82) is 0 Å². The van der Waals surface area contributed by atoms with E-state index in [1.807, 2.05) is 30.9 Å². The summed E-state index contributed by atoms with van der Waals surface area (Å²) in [4.78, 5) is 26.2. The number of hydrogen-bond donors (Lipinski definition) is 1. The molecule has 0 radical (unpaired) electrons. The number of nitrogens with one attached hydrogen (secondary N) is 1. The topological polar surface area (TPSA) is 49.4 Å². The summed E-state index contributed by atoms with van der Waals surface area (Å²) in [6, 6.07) is 8.30. The van der Waals surface area contributed by atoms with Crippen LogP contribution in [0, 0.1) is 5.92 Å². The van der Waals surface area contributed by atoms with E-state index >= 15 is 0 Å². The SMILES string of the molecule is CCCC(=O)N1CCC(C(=O)NC(C)Cc2ccc(Br)cc2)CC1. The van der Waals surface area contributed by atoms with E-state index in [0.717, 1.165) is 30.2 Å². The Morgan fingerprint density at radius 1 is 1.25 bits per heavy atom. The summed E-state index contributed by atoms with van der Waals surface area (Å²) in [6.07, 6.45) is 3.86. The molecular formula is C19H27BrN2O2.